The van der Waals surface area contributed by atoms with Gasteiger partial charge in [0, 0.05) is 42.6 Å². The van der Waals surface area contributed by atoms with E-state index in [9.17, 15) is 4.39 Å². The van der Waals surface area contributed by atoms with Crippen LogP contribution in [0, 0.1) is 12.7 Å². The Labute approximate surface area is 149 Å². The van der Waals surface area contributed by atoms with Gasteiger partial charge in [-0.3, -0.25) is 4.90 Å². The van der Waals surface area contributed by atoms with Crippen molar-refractivity contribution in [1.29, 1.82) is 0 Å². The highest BCUT2D eigenvalue weighted by atomic mass is 32.1. The van der Waals surface area contributed by atoms with Crippen molar-refractivity contribution >= 4 is 11.5 Å². The number of likely N-dealkylation sites (tertiary alicyclic amines) is 1. The normalized spacial score (nSPS) is 23.0. The Bertz CT molecular complexity index is 770. The Hall–Kier alpha value is -1.93. The van der Waals surface area contributed by atoms with E-state index in [0.29, 0.717) is 49.5 Å². The van der Waals surface area contributed by atoms with Gasteiger partial charge in [-0.15, -0.1) is 0 Å². The Balaban J connectivity index is 1.44. The van der Waals surface area contributed by atoms with Crippen LogP contribution in [0.25, 0.3) is 0 Å². The highest BCUT2D eigenvalue weighted by molar-refractivity contribution is 7.05. The second-order valence-corrected chi connectivity index (χ2v) is 7.46. The first kappa shape index (κ1) is 16.5. The maximum atomic E-state index is 14.3. The van der Waals surface area contributed by atoms with Crippen molar-refractivity contribution in [2.45, 2.75) is 39.0 Å². The first-order valence-corrected chi connectivity index (χ1v) is 9.15. The lowest BCUT2D eigenvalue weighted by Gasteiger charge is -2.22. The summed E-state index contributed by atoms with van der Waals surface area (Å²) in [7, 11) is 0. The molecule has 1 saturated heterocycles. The van der Waals surface area contributed by atoms with Gasteiger partial charge in [0.05, 0.1) is 5.69 Å². The lowest BCUT2D eigenvalue weighted by Crippen LogP contribution is -2.29. The van der Waals surface area contributed by atoms with Gasteiger partial charge in [-0.2, -0.15) is 4.37 Å². The molecule has 1 fully saturated rings. The average Bonchev–Trinajstić information content (AvgIpc) is 3.14. The third kappa shape index (κ3) is 3.55. The molecule has 2 atom stereocenters. The number of hydrogen-bond donors (Lipinski definition) is 0. The van der Waals surface area contributed by atoms with Gasteiger partial charge < -0.3 is 14.2 Å². The molecule has 0 N–H and O–H groups in total. The molecule has 4 rings (SSSR count). The minimum Gasteiger partial charge on any atom is -0.484 e. The summed E-state index contributed by atoms with van der Waals surface area (Å²) in [6, 6.07) is 3.59. The Kier molecular flexibility index (Phi) is 4.47. The summed E-state index contributed by atoms with van der Waals surface area (Å²) in [5, 5.41) is 0. The first-order chi connectivity index (χ1) is 12.1. The zero-order valence-corrected chi connectivity index (χ0v) is 15.0. The quantitative estimate of drug-likeness (QED) is 0.830. The van der Waals surface area contributed by atoms with Crippen LogP contribution in [0.3, 0.4) is 0 Å². The lowest BCUT2D eigenvalue weighted by atomic mass is 10.2. The van der Waals surface area contributed by atoms with Crippen LogP contribution < -0.4 is 14.2 Å². The number of rotatable bonds is 4. The van der Waals surface area contributed by atoms with Crippen LogP contribution in [0.2, 0.25) is 0 Å². The van der Waals surface area contributed by atoms with Crippen molar-refractivity contribution in [2.75, 3.05) is 19.8 Å². The van der Waals surface area contributed by atoms with Crippen molar-refractivity contribution in [1.82, 2.24) is 14.3 Å². The van der Waals surface area contributed by atoms with E-state index >= 15 is 0 Å². The monoisotopic (exact) mass is 365 g/mol. The molecular weight excluding hydrogens is 345 g/mol. The van der Waals surface area contributed by atoms with Crippen molar-refractivity contribution in [2.24, 2.45) is 0 Å². The van der Waals surface area contributed by atoms with E-state index < -0.39 is 0 Å². The standard InChI is InChI=1S/C17H20FN3O3S/c1-10-5-12(24-16-6-11(2)25-20-16)8-21(10)9-14-13(18)7-15-17(19-14)23-4-3-22-15/h6-7,10,12H,3-5,8-9H2,1-2H3/t10-,12+/m0/s1. The molecule has 4 heterocycles. The van der Waals surface area contributed by atoms with Gasteiger partial charge >= 0.3 is 0 Å². The van der Waals surface area contributed by atoms with Gasteiger partial charge in [-0.1, -0.05) is 0 Å². The molecule has 0 amide bonds. The summed E-state index contributed by atoms with van der Waals surface area (Å²) in [5.41, 5.74) is 0.376. The minimum atomic E-state index is -0.365. The number of ether oxygens (including phenoxy) is 3. The Morgan fingerprint density at radius 2 is 2.20 bits per heavy atom. The minimum absolute atomic E-state index is 0.0526. The van der Waals surface area contributed by atoms with Crippen LogP contribution in [-0.4, -0.2) is 46.2 Å². The van der Waals surface area contributed by atoms with Crippen LogP contribution in [0.15, 0.2) is 12.1 Å². The first-order valence-electron chi connectivity index (χ1n) is 8.37. The van der Waals surface area contributed by atoms with Crippen molar-refractivity contribution in [3.63, 3.8) is 0 Å². The topological polar surface area (TPSA) is 56.7 Å². The van der Waals surface area contributed by atoms with Crippen molar-refractivity contribution < 1.29 is 18.6 Å². The molecule has 134 valence electrons. The molecule has 0 unspecified atom stereocenters. The lowest BCUT2D eigenvalue weighted by molar-refractivity contribution is 0.160. The van der Waals surface area contributed by atoms with Crippen LogP contribution >= 0.6 is 11.5 Å². The summed E-state index contributed by atoms with van der Waals surface area (Å²) in [5.74, 6) is 1.06. The van der Waals surface area contributed by atoms with Crippen LogP contribution in [0.5, 0.6) is 17.5 Å². The molecule has 2 aliphatic rings. The second kappa shape index (κ2) is 6.76. The van der Waals surface area contributed by atoms with Crippen LogP contribution in [-0.2, 0) is 6.54 Å². The number of pyridine rings is 1. The molecule has 0 spiro atoms. The number of hydrogen-bond acceptors (Lipinski definition) is 7. The van der Waals surface area contributed by atoms with Gasteiger partial charge in [0.15, 0.2) is 5.75 Å². The summed E-state index contributed by atoms with van der Waals surface area (Å²) < 4.78 is 35.4. The van der Waals surface area contributed by atoms with E-state index in [1.54, 1.807) is 0 Å². The number of aromatic nitrogens is 2. The van der Waals surface area contributed by atoms with Gasteiger partial charge in [0.25, 0.3) is 5.88 Å². The molecule has 0 saturated carbocycles. The van der Waals surface area contributed by atoms with E-state index in [1.165, 1.54) is 17.6 Å². The summed E-state index contributed by atoms with van der Waals surface area (Å²) in [6.45, 7) is 6.11. The maximum Gasteiger partial charge on any atom is 0.257 e. The Morgan fingerprint density at radius 3 is 3.00 bits per heavy atom. The molecule has 8 heteroatoms. The van der Waals surface area contributed by atoms with E-state index in [-0.39, 0.29) is 18.0 Å². The number of nitrogens with zero attached hydrogens (tertiary/aromatic N) is 3. The van der Waals surface area contributed by atoms with Crippen LogP contribution in [0.1, 0.15) is 23.9 Å². The zero-order valence-electron chi connectivity index (χ0n) is 14.2. The molecule has 0 aromatic carbocycles. The summed E-state index contributed by atoms with van der Waals surface area (Å²) in [4.78, 5) is 7.61. The van der Waals surface area contributed by atoms with Crippen LogP contribution in [0.4, 0.5) is 4.39 Å². The van der Waals surface area contributed by atoms with E-state index in [2.05, 4.69) is 21.2 Å². The van der Waals surface area contributed by atoms with Gasteiger partial charge in [0.2, 0.25) is 5.88 Å². The van der Waals surface area contributed by atoms with Gasteiger partial charge in [-0.25, -0.2) is 9.37 Å². The number of halogens is 1. The van der Waals surface area contributed by atoms with E-state index in [1.807, 2.05) is 13.0 Å². The molecule has 0 aliphatic carbocycles. The molecular formula is C17H20FN3O3S. The fourth-order valence-corrected chi connectivity index (χ4v) is 3.70. The average molecular weight is 365 g/mol. The highest BCUT2D eigenvalue weighted by Gasteiger charge is 2.32. The van der Waals surface area contributed by atoms with E-state index in [4.69, 9.17) is 14.2 Å². The molecule has 6 nitrogen and oxygen atoms in total. The number of aryl methyl sites for hydroxylation is 1. The fraction of sp³-hybridized carbons (Fsp3) is 0.529. The third-order valence-corrected chi connectivity index (χ3v) is 5.15. The SMILES string of the molecule is Cc1cc(O[C@@H]2C[C@H](C)N(Cc3nc4c(cc3F)OCCO4)C2)ns1. The van der Waals surface area contributed by atoms with Crippen molar-refractivity contribution in [3.05, 3.63) is 28.5 Å². The molecule has 0 bridgehead atoms. The van der Waals surface area contributed by atoms with Gasteiger partial charge in [0.1, 0.15) is 25.1 Å². The van der Waals surface area contributed by atoms with Gasteiger partial charge in [-0.05, 0) is 25.4 Å². The maximum absolute atomic E-state index is 14.3. The van der Waals surface area contributed by atoms with E-state index in [0.717, 1.165) is 11.3 Å². The predicted octanol–water partition coefficient (Wildman–Crippen LogP) is 2.80. The smallest absolute Gasteiger partial charge is 0.257 e. The molecule has 2 aliphatic heterocycles. The zero-order chi connectivity index (χ0) is 17.4. The molecule has 25 heavy (non-hydrogen) atoms. The highest BCUT2D eigenvalue weighted by Crippen LogP contribution is 2.31. The van der Waals surface area contributed by atoms with Crippen molar-refractivity contribution in [3.8, 4) is 17.5 Å². The number of fused-ring (bicyclic) bond motifs is 1. The summed E-state index contributed by atoms with van der Waals surface area (Å²) in [6.07, 6.45) is 0.930. The third-order valence-electron chi connectivity index (χ3n) is 4.47. The Morgan fingerprint density at radius 1 is 1.36 bits per heavy atom. The molecule has 2 aromatic rings. The largest absolute Gasteiger partial charge is 0.484 e. The molecule has 0 radical (unpaired) electrons. The summed E-state index contributed by atoms with van der Waals surface area (Å²) >= 11 is 1.43. The predicted molar refractivity (Wildman–Crippen MR) is 90.9 cm³/mol. The fourth-order valence-electron chi connectivity index (χ4n) is 3.21. The molecule has 2 aromatic heterocycles. The second-order valence-electron chi connectivity index (χ2n) is 6.45.